The molecule has 4 nitrogen and oxygen atoms in total. The number of hydrogen-bond acceptors (Lipinski definition) is 2. The van der Waals surface area contributed by atoms with Crippen LogP contribution in [0.1, 0.15) is 0 Å². The van der Waals surface area contributed by atoms with E-state index in [0.29, 0.717) is 0 Å². The zero-order chi connectivity index (χ0) is 7.56. The lowest BCUT2D eigenvalue weighted by Gasteiger charge is -1.92. The van der Waals surface area contributed by atoms with Crippen LogP contribution in [0.15, 0.2) is 12.3 Å². The van der Waals surface area contributed by atoms with Gasteiger partial charge in [-0.3, -0.25) is 9.48 Å². The molecule has 0 spiro atoms. The number of aromatic nitrogens is 2. The standard InChI is InChI=1S/C5H5IN2O2/c6-4-1-2-8(7-4)3-5(9)10/h1-2H,3H2,(H,9,10). The first-order valence-electron chi connectivity index (χ1n) is 2.59. The topological polar surface area (TPSA) is 55.1 Å². The molecule has 1 rings (SSSR count). The zero-order valence-corrected chi connectivity index (χ0v) is 7.15. The van der Waals surface area contributed by atoms with Crippen LogP contribution in [-0.4, -0.2) is 20.9 Å². The van der Waals surface area contributed by atoms with Gasteiger partial charge in [0.15, 0.2) is 0 Å². The van der Waals surface area contributed by atoms with E-state index in [2.05, 4.69) is 5.10 Å². The largest absolute Gasteiger partial charge is 0.480 e. The van der Waals surface area contributed by atoms with E-state index in [1.807, 2.05) is 22.6 Å². The number of rotatable bonds is 2. The number of nitrogens with zero attached hydrogens (tertiary/aromatic N) is 2. The van der Waals surface area contributed by atoms with Crippen LogP contribution in [-0.2, 0) is 11.3 Å². The maximum atomic E-state index is 10.1. The van der Waals surface area contributed by atoms with E-state index in [9.17, 15) is 4.79 Å². The van der Waals surface area contributed by atoms with E-state index in [0.717, 1.165) is 3.70 Å². The molecule has 1 aromatic heterocycles. The highest BCUT2D eigenvalue weighted by molar-refractivity contribution is 14.1. The molecule has 0 bridgehead atoms. The smallest absolute Gasteiger partial charge is 0.325 e. The quantitative estimate of drug-likeness (QED) is 0.783. The van der Waals surface area contributed by atoms with Crippen LogP contribution in [0, 0.1) is 3.70 Å². The highest BCUT2D eigenvalue weighted by Crippen LogP contribution is 1.98. The van der Waals surface area contributed by atoms with Gasteiger partial charge >= 0.3 is 5.97 Å². The minimum Gasteiger partial charge on any atom is -0.480 e. The van der Waals surface area contributed by atoms with Crippen LogP contribution in [0.2, 0.25) is 0 Å². The molecule has 1 N–H and O–H groups in total. The number of carboxylic acids is 1. The number of carboxylic acid groups (broad SMARTS) is 1. The van der Waals surface area contributed by atoms with Gasteiger partial charge in [-0.2, -0.15) is 5.10 Å². The van der Waals surface area contributed by atoms with Crippen molar-refractivity contribution in [3.8, 4) is 0 Å². The third-order valence-electron chi connectivity index (χ3n) is 0.905. The molecule has 0 unspecified atom stereocenters. The van der Waals surface area contributed by atoms with Gasteiger partial charge in [0.1, 0.15) is 10.2 Å². The van der Waals surface area contributed by atoms with Crippen LogP contribution in [0.4, 0.5) is 0 Å². The van der Waals surface area contributed by atoms with Gasteiger partial charge in [0.25, 0.3) is 0 Å². The fourth-order valence-corrected chi connectivity index (χ4v) is 1.00. The highest BCUT2D eigenvalue weighted by Gasteiger charge is 1.98. The van der Waals surface area contributed by atoms with Crippen LogP contribution < -0.4 is 0 Å². The van der Waals surface area contributed by atoms with Crippen LogP contribution in [0.3, 0.4) is 0 Å². The molecule has 1 heterocycles. The molecule has 5 heteroatoms. The van der Waals surface area contributed by atoms with E-state index in [1.54, 1.807) is 12.3 Å². The van der Waals surface area contributed by atoms with Crippen molar-refractivity contribution in [1.29, 1.82) is 0 Å². The molecule has 0 amide bonds. The average Bonchev–Trinajstić information content (AvgIpc) is 2.13. The number of aliphatic carboxylic acids is 1. The summed E-state index contributed by atoms with van der Waals surface area (Å²) in [5.74, 6) is -0.875. The van der Waals surface area contributed by atoms with Crippen LogP contribution in [0.5, 0.6) is 0 Å². The Labute approximate surface area is 71.0 Å². The van der Waals surface area contributed by atoms with Gasteiger partial charge in [-0.15, -0.1) is 0 Å². The fraction of sp³-hybridized carbons (Fsp3) is 0.200. The van der Waals surface area contributed by atoms with E-state index >= 15 is 0 Å². The van der Waals surface area contributed by atoms with Crippen molar-refractivity contribution in [3.05, 3.63) is 16.0 Å². The molecule has 0 fully saturated rings. The molecule has 0 atom stereocenters. The van der Waals surface area contributed by atoms with Crippen LogP contribution in [0.25, 0.3) is 0 Å². The van der Waals surface area contributed by atoms with Crippen molar-refractivity contribution >= 4 is 28.6 Å². The number of halogens is 1. The Morgan fingerprint density at radius 2 is 2.60 bits per heavy atom. The third kappa shape index (κ3) is 1.98. The molecule has 0 aromatic carbocycles. The normalized spacial score (nSPS) is 9.70. The molecule has 0 aliphatic rings. The molecule has 0 aliphatic heterocycles. The van der Waals surface area contributed by atoms with Gasteiger partial charge in [-0.25, -0.2) is 0 Å². The Morgan fingerprint density at radius 3 is 3.00 bits per heavy atom. The first kappa shape index (κ1) is 7.52. The summed E-state index contributed by atoms with van der Waals surface area (Å²) in [4.78, 5) is 10.1. The summed E-state index contributed by atoms with van der Waals surface area (Å²) in [6.07, 6.45) is 1.63. The second-order valence-electron chi connectivity index (χ2n) is 1.73. The molecule has 10 heavy (non-hydrogen) atoms. The van der Waals surface area contributed by atoms with Crippen molar-refractivity contribution in [3.63, 3.8) is 0 Å². The Hall–Kier alpha value is -0.590. The predicted molar refractivity (Wildman–Crippen MR) is 42.6 cm³/mol. The summed E-state index contributed by atoms with van der Waals surface area (Å²) in [5.41, 5.74) is 0. The zero-order valence-electron chi connectivity index (χ0n) is 4.99. The van der Waals surface area contributed by atoms with Crippen molar-refractivity contribution in [2.24, 2.45) is 0 Å². The molecule has 0 aliphatic carbocycles. The van der Waals surface area contributed by atoms with E-state index < -0.39 is 5.97 Å². The summed E-state index contributed by atoms with van der Waals surface area (Å²) < 4.78 is 2.18. The molecule has 0 saturated carbocycles. The summed E-state index contributed by atoms with van der Waals surface area (Å²) in [7, 11) is 0. The van der Waals surface area contributed by atoms with E-state index in [1.165, 1.54) is 4.68 Å². The van der Waals surface area contributed by atoms with E-state index in [-0.39, 0.29) is 6.54 Å². The summed E-state index contributed by atoms with van der Waals surface area (Å²) in [5, 5.41) is 12.2. The van der Waals surface area contributed by atoms with Crippen molar-refractivity contribution < 1.29 is 9.90 Å². The first-order chi connectivity index (χ1) is 4.68. The van der Waals surface area contributed by atoms with Crippen molar-refractivity contribution in [2.45, 2.75) is 6.54 Å². The van der Waals surface area contributed by atoms with Gasteiger partial charge in [-0.1, -0.05) is 0 Å². The summed E-state index contributed by atoms with van der Waals surface area (Å²) in [6, 6.07) is 1.75. The van der Waals surface area contributed by atoms with E-state index in [4.69, 9.17) is 5.11 Å². The summed E-state index contributed by atoms with van der Waals surface area (Å²) >= 11 is 2.02. The minimum atomic E-state index is -0.875. The van der Waals surface area contributed by atoms with Gasteiger partial charge in [0, 0.05) is 6.20 Å². The maximum Gasteiger partial charge on any atom is 0.325 e. The SMILES string of the molecule is O=C(O)Cn1ccc(I)n1. The molecule has 0 saturated heterocycles. The van der Waals surface area contributed by atoms with Crippen LogP contribution >= 0.6 is 22.6 Å². The van der Waals surface area contributed by atoms with Crippen molar-refractivity contribution in [1.82, 2.24) is 9.78 Å². The second-order valence-corrected chi connectivity index (χ2v) is 2.84. The lowest BCUT2D eigenvalue weighted by molar-refractivity contribution is -0.137. The number of hydrogen-bond donors (Lipinski definition) is 1. The molecule has 54 valence electrons. The molecule has 1 aromatic rings. The Kier molecular flexibility index (Phi) is 2.25. The molecule has 0 radical (unpaired) electrons. The highest BCUT2D eigenvalue weighted by atomic mass is 127. The second kappa shape index (κ2) is 3.00. The molecular weight excluding hydrogens is 247 g/mol. The Balaban J connectivity index is 2.67. The fourth-order valence-electron chi connectivity index (χ4n) is 0.564. The predicted octanol–water partition coefficient (Wildman–Crippen LogP) is 0.572. The monoisotopic (exact) mass is 252 g/mol. The summed E-state index contributed by atoms with van der Waals surface area (Å²) in [6.45, 7) is -0.0665. The van der Waals surface area contributed by atoms with Gasteiger partial charge < -0.3 is 5.11 Å². The maximum absolute atomic E-state index is 10.1. The first-order valence-corrected chi connectivity index (χ1v) is 3.67. The average molecular weight is 252 g/mol. The third-order valence-corrected chi connectivity index (χ3v) is 1.48. The Morgan fingerprint density at radius 1 is 1.90 bits per heavy atom. The number of carbonyl (C=O) groups is 1. The Bertz CT molecular complexity index is 246. The lowest BCUT2D eigenvalue weighted by Crippen LogP contribution is -2.08. The molecular formula is C5H5IN2O2. The van der Waals surface area contributed by atoms with Crippen molar-refractivity contribution in [2.75, 3.05) is 0 Å². The van der Waals surface area contributed by atoms with Gasteiger partial charge in [0.05, 0.1) is 0 Å². The van der Waals surface area contributed by atoms with Gasteiger partial charge in [-0.05, 0) is 28.7 Å². The lowest BCUT2D eigenvalue weighted by atomic mass is 10.6. The van der Waals surface area contributed by atoms with Gasteiger partial charge in [0.2, 0.25) is 0 Å². The minimum absolute atomic E-state index is 0.0665.